The average molecular weight is 440 g/mol. The molecule has 0 spiro atoms. The van der Waals surface area contributed by atoms with E-state index in [4.69, 9.17) is 4.74 Å². The van der Waals surface area contributed by atoms with Crippen molar-refractivity contribution >= 4 is 16.0 Å². The summed E-state index contributed by atoms with van der Waals surface area (Å²) >= 11 is 0. The molecule has 1 aliphatic rings. The molecule has 30 heavy (non-hydrogen) atoms. The lowest BCUT2D eigenvalue weighted by molar-refractivity contribution is 0.0376. The molecule has 0 aliphatic carbocycles. The van der Waals surface area contributed by atoms with E-state index < -0.39 is 10.0 Å². The molecule has 1 heterocycles. The molecule has 3 N–H and O–H groups in total. The zero-order chi connectivity index (χ0) is 21.8. The van der Waals surface area contributed by atoms with Gasteiger partial charge < -0.3 is 15.4 Å². The largest absolute Gasteiger partial charge is 0.379 e. The summed E-state index contributed by atoms with van der Waals surface area (Å²) < 4.78 is 32.7. The van der Waals surface area contributed by atoms with Crippen molar-refractivity contribution in [1.82, 2.24) is 20.3 Å². The second-order valence-electron chi connectivity index (χ2n) is 7.73. The Morgan fingerprint density at radius 1 is 1.17 bits per heavy atom. The highest BCUT2D eigenvalue weighted by atomic mass is 32.2. The molecule has 1 saturated heterocycles. The number of hydrogen-bond donors (Lipinski definition) is 3. The molecule has 0 aromatic heterocycles. The molecule has 0 atom stereocenters. The number of hydrogen-bond acceptors (Lipinski definition) is 5. The lowest BCUT2D eigenvalue weighted by Gasteiger charge is -2.26. The van der Waals surface area contributed by atoms with E-state index in [1.54, 1.807) is 0 Å². The van der Waals surface area contributed by atoms with Gasteiger partial charge in [-0.25, -0.2) is 18.1 Å². The van der Waals surface area contributed by atoms with Gasteiger partial charge in [-0.05, 0) is 44.9 Å². The number of guanidine groups is 1. The van der Waals surface area contributed by atoms with Gasteiger partial charge in [0.2, 0.25) is 10.0 Å². The maximum atomic E-state index is 12.3. The Labute approximate surface area is 181 Å². The third-order valence-corrected chi connectivity index (χ3v) is 6.20. The predicted octanol–water partition coefficient (Wildman–Crippen LogP) is 1.29. The van der Waals surface area contributed by atoms with E-state index >= 15 is 0 Å². The zero-order valence-corrected chi connectivity index (χ0v) is 19.3. The highest BCUT2D eigenvalue weighted by Crippen LogP contribution is 2.13. The molecule has 0 amide bonds. The standard InChI is InChI=1S/C21H37N5O3S/c1-4-22-21(23-10-7-11-26-12-14-29-15-13-26)24-16-19-8-5-6-9-20(19)17-30(27,28)25-18(2)3/h5-6,8-9,18,25H,4,7,10-17H2,1-3H3,(H2,22,23,24). The van der Waals surface area contributed by atoms with Gasteiger partial charge in [0, 0.05) is 32.2 Å². The van der Waals surface area contributed by atoms with Crippen LogP contribution in [0, 0.1) is 0 Å². The van der Waals surface area contributed by atoms with E-state index in [0.29, 0.717) is 6.54 Å². The number of sulfonamides is 1. The van der Waals surface area contributed by atoms with Crippen LogP contribution >= 0.6 is 0 Å². The van der Waals surface area contributed by atoms with Crippen LogP contribution in [0.5, 0.6) is 0 Å². The van der Waals surface area contributed by atoms with Gasteiger partial charge >= 0.3 is 0 Å². The van der Waals surface area contributed by atoms with Crippen LogP contribution < -0.4 is 15.4 Å². The van der Waals surface area contributed by atoms with Gasteiger partial charge in [-0.3, -0.25) is 4.90 Å². The molecule has 1 aromatic rings. The van der Waals surface area contributed by atoms with Crippen LogP contribution in [0.3, 0.4) is 0 Å². The summed E-state index contributed by atoms with van der Waals surface area (Å²) in [6, 6.07) is 7.45. The maximum Gasteiger partial charge on any atom is 0.216 e. The van der Waals surface area contributed by atoms with E-state index in [0.717, 1.165) is 69.4 Å². The molecule has 170 valence electrons. The highest BCUT2D eigenvalue weighted by Gasteiger charge is 2.15. The number of ether oxygens (including phenoxy) is 1. The van der Waals surface area contributed by atoms with Gasteiger partial charge in [-0.1, -0.05) is 24.3 Å². The van der Waals surface area contributed by atoms with Crippen LogP contribution in [0.4, 0.5) is 0 Å². The molecule has 0 bridgehead atoms. The lowest BCUT2D eigenvalue weighted by Crippen LogP contribution is -2.40. The van der Waals surface area contributed by atoms with E-state index in [2.05, 4.69) is 25.2 Å². The molecule has 8 nitrogen and oxygen atoms in total. The lowest BCUT2D eigenvalue weighted by atomic mass is 10.1. The average Bonchev–Trinajstić information content (AvgIpc) is 2.69. The Morgan fingerprint density at radius 3 is 2.53 bits per heavy atom. The number of morpholine rings is 1. The van der Waals surface area contributed by atoms with Crippen LogP contribution in [-0.4, -0.2) is 71.3 Å². The second-order valence-corrected chi connectivity index (χ2v) is 9.48. The fourth-order valence-corrected chi connectivity index (χ4v) is 4.79. The third kappa shape index (κ3) is 9.42. The Balaban J connectivity index is 1.91. The highest BCUT2D eigenvalue weighted by molar-refractivity contribution is 7.88. The van der Waals surface area contributed by atoms with E-state index in [1.165, 1.54) is 0 Å². The SMILES string of the molecule is CCNC(=NCc1ccccc1CS(=O)(=O)NC(C)C)NCCCN1CCOCC1. The smallest absolute Gasteiger partial charge is 0.216 e. The Kier molecular flexibility index (Phi) is 10.6. The number of benzene rings is 1. The van der Waals surface area contributed by atoms with Crippen molar-refractivity contribution in [3.8, 4) is 0 Å². The van der Waals surface area contributed by atoms with E-state index in [9.17, 15) is 8.42 Å². The predicted molar refractivity (Wildman–Crippen MR) is 122 cm³/mol. The van der Waals surface area contributed by atoms with Crippen molar-refractivity contribution < 1.29 is 13.2 Å². The minimum atomic E-state index is -3.38. The summed E-state index contributed by atoms with van der Waals surface area (Å²) in [6.45, 7) is 12.4. The summed E-state index contributed by atoms with van der Waals surface area (Å²) in [4.78, 5) is 7.08. The molecule has 9 heteroatoms. The van der Waals surface area contributed by atoms with Crippen LogP contribution in [0.2, 0.25) is 0 Å². The minimum absolute atomic E-state index is 0.0413. The van der Waals surface area contributed by atoms with Gasteiger partial charge in [0.05, 0.1) is 25.5 Å². The van der Waals surface area contributed by atoms with Gasteiger partial charge in [-0.2, -0.15) is 0 Å². The normalized spacial score (nSPS) is 16.1. The molecular weight excluding hydrogens is 402 g/mol. The summed E-state index contributed by atoms with van der Waals surface area (Å²) in [7, 11) is -3.38. The molecule has 0 radical (unpaired) electrons. The van der Waals surface area contributed by atoms with Gasteiger partial charge in [0.1, 0.15) is 0 Å². The van der Waals surface area contributed by atoms with Gasteiger partial charge in [0.25, 0.3) is 0 Å². The van der Waals surface area contributed by atoms with Gasteiger partial charge in [-0.15, -0.1) is 0 Å². The summed E-state index contributed by atoms with van der Waals surface area (Å²) in [5.74, 6) is 0.706. The molecule has 0 saturated carbocycles. The second kappa shape index (κ2) is 12.9. The molecule has 0 unspecified atom stereocenters. The first-order chi connectivity index (χ1) is 14.4. The van der Waals surface area contributed by atoms with E-state index in [1.807, 2.05) is 45.0 Å². The van der Waals surface area contributed by atoms with Crippen molar-refractivity contribution in [2.45, 2.75) is 45.5 Å². The third-order valence-electron chi connectivity index (χ3n) is 4.68. The zero-order valence-electron chi connectivity index (χ0n) is 18.5. The van der Waals surface area contributed by atoms with E-state index in [-0.39, 0.29) is 11.8 Å². The number of nitrogens with one attached hydrogen (secondary N) is 3. The number of nitrogens with zero attached hydrogens (tertiary/aromatic N) is 2. The maximum absolute atomic E-state index is 12.3. The fraction of sp³-hybridized carbons (Fsp3) is 0.667. The topological polar surface area (TPSA) is 95.1 Å². The number of rotatable bonds is 11. The molecule has 1 aliphatic heterocycles. The fourth-order valence-electron chi connectivity index (χ4n) is 3.30. The Hall–Kier alpha value is -1.68. The Bertz CT molecular complexity index is 762. The first-order valence-electron chi connectivity index (χ1n) is 10.8. The number of aliphatic imine (C=N–C) groups is 1. The Morgan fingerprint density at radius 2 is 1.87 bits per heavy atom. The van der Waals surface area contributed by atoms with Crippen LogP contribution in [0.15, 0.2) is 29.3 Å². The summed E-state index contributed by atoms with van der Waals surface area (Å²) in [5, 5.41) is 6.63. The van der Waals surface area contributed by atoms with Crippen molar-refractivity contribution in [2.24, 2.45) is 4.99 Å². The molecule has 1 fully saturated rings. The van der Waals surface area contributed by atoms with Crippen molar-refractivity contribution in [3.05, 3.63) is 35.4 Å². The van der Waals surface area contributed by atoms with Crippen LogP contribution in [0.25, 0.3) is 0 Å². The molecule has 1 aromatic carbocycles. The first-order valence-corrected chi connectivity index (χ1v) is 12.4. The monoisotopic (exact) mass is 439 g/mol. The van der Waals surface area contributed by atoms with Crippen molar-refractivity contribution in [3.63, 3.8) is 0 Å². The van der Waals surface area contributed by atoms with Crippen molar-refractivity contribution in [2.75, 3.05) is 45.9 Å². The first kappa shape index (κ1) is 24.6. The van der Waals surface area contributed by atoms with Crippen LogP contribution in [0.1, 0.15) is 38.3 Å². The van der Waals surface area contributed by atoms with Crippen molar-refractivity contribution in [1.29, 1.82) is 0 Å². The van der Waals surface area contributed by atoms with Crippen LogP contribution in [-0.2, 0) is 27.1 Å². The molecule has 2 rings (SSSR count). The summed E-state index contributed by atoms with van der Waals surface area (Å²) in [5.41, 5.74) is 1.69. The minimum Gasteiger partial charge on any atom is -0.379 e. The quantitative estimate of drug-likeness (QED) is 0.273. The van der Waals surface area contributed by atoms with Gasteiger partial charge in [0.15, 0.2) is 5.96 Å². The summed E-state index contributed by atoms with van der Waals surface area (Å²) in [6.07, 6.45) is 1.03. The molecular formula is C21H37N5O3S.